The molecular weight excluding hydrogens is 272 g/mol. The van der Waals surface area contributed by atoms with Gasteiger partial charge in [-0.15, -0.1) is 0 Å². The molecule has 1 rings (SSSR count). The molecule has 2 unspecified atom stereocenters. The van der Waals surface area contributed by atoms with Gasteiger partial charge in [0.15, 0.2) is 0 Å². The van der Waals surface area contributed by atoms with Crippen LogP contribution in [0.1, 0.15) is 33.0 Å². The van der Waals surface area contributed by atoms with E-state index in [1.54, 1.807) is 12.3 Å². The van der Waals surface area contributed by atoms with Crippen molar-refractivity contribution in [2.24, 2.45) is 11.8 Å². The normalized spacial score (nSPS) is 13.7. The molecule has 118 valence electrons. The van der Waals surface area contributed by atoms with Crippen LogP contribution >= 0.6 is 0 Å². The Balaban J connectivity index is 2.33. The Bertz CT molecular complexity index is 443. The SMILES string of the molecule is CC(C)CC(CNC(=O)NC(C)Cc1ccco1)C(=O)O. The fraction of sp³-hybridized carbons (Fsp3) is 0.600. The number of aliphatic carboxylic acids is 1. The van der Waals surface area contributed by atoms with Gasteiger partial charge in [-0.3, -0.25) is 4.79 Å². The number of urea groups is 1. The number of amides is 2. The molecule has 0 aliphatic rings. The molecular formula is C15H24N2O4. The van der Waals surface area contributed by atoms with E-state index in [0.717, 1.165) is 5.76 Å². The van der Waals surface area contributed by atoms with Gasteiger partial charge in [0.25, 0.3) is 0 Å². The van der Waals surface area contributed by atoms with Crippen molar-refractivity contribution in [3.05, 3.63) is 24.2 Å². The number of carboxylic acid groups (broad SMARTS) is 1. The van der Waals surface area contributed by atoms with Crippen LogP contribution in [0.2, 0.25) is 0 Å². The molecule has 3 N–H and O–H groups in total. The minimum Gasteiger partial charge on any atom is -0.481 e. The molecule has 1 aromatic heterocycles. The Hall–Kier alpha value is -1.98. The summed E-state index contributed by atoms with van der Waals surface area (Å²) < 4.78 is 5.21. The highest BCUT2D eigenvalue weighted by molar-refractivity contribution is 5.76. The zero-order valence-corrected chi connectivity index (χ0v) is 12.8. The summed E-state index contributed by atoms with van der Waals surface area (Å²) >= 11 is 0. The van der Waals surface area contributed by atoms with Gasteiger partial charge in [0.1, 0.15) is 5.76 Å². The first kappa shape index (κ1) is 17.1. The quantitative estimate of drug-likeness (QED) is 0.686. The van der Waals surface area contributed by atoms with Gasteiger partial charge >= 0.3 is 12.0 Å². The standard InChI is InChI=1S/C15H24N2O4/c1-10(2)7-12(14(18)19)9-16-15(20)17-11(3)8-13-5-4-6-21-13/h4-6,10-12H,7-9H2,1-3H3,(H,18,19)(H2,16,17,20). The molecule has 0 bridgehead atoms. The first-order chi connectivity index (χ1) is 9.88. The van der Waals surface area contributed by atoms with Crippen LogP contribution in [0.25, 0.3) is 0 Å². The summed E-state index contributed by atoms with van der Waals surface area (Å²) in [4.78, 5) is 22.8. The minimum absolute atomic E-state index is 0.0930. The van der Waals surface area contributed by atoms with Gasteiger partial charge < -0.3 is 20.2 Å². The van der Waals surface area contributed by atoms with E-state index in [2.05, 4.69) is 10.6 Å². The zero-order chi connectivity index (χ0) is 15.8. The van der Waals surface area contributed by atoms with Crippen molar-refractivity contribution in [2.45, 2.75) is 39.7 Å². The van der Waals surface area contributed by atoms with Crippen LogP contribution < -0.4 is 10.6 Å². The molecule has 0 aliphatic heterocycles. The van der Waals surface area contributed by atoms with Crippen LogP contribution in [-0.4, -0.2) is 29.7 Å². The third-order valence-electron chi connectivity index (χ3n) is 3.08. The van der Waals surface area contributed by atoms with Crippen molar-refractivity contribution in [1.82, 2.24) is 10.6 Å². The average Bonchev–Trinajstić information content (AvgIpc) is 2.86. The summed E-state index contributed by atoms with van der Waals surface area (Å²) in [6.07, 6.45) is 2.72. The fourth-order valence-corrected chi connectivity index (χ4v) is 2.11. The Morgan fingerprint density at radius 2 is 2.05 bits per heavy atom. The van der Waals surface area contributed by atoms with Gasteiger partial charge in [-0.25, -0.2) is 4.79 Å². The maximum absolute atomic E-state index is 11.7. The molecule has 2 amide bonds. The molecule has 2 atom stereocenters. The van der Waals surface area contributed by atoms with Crippen molar-refractivity contribution >= 4 is 12.0 Å². The van der Waals surface area contributed by atoms with Crippen LogP contribution in [0.3, 0.4) is 0 Å². The van der Waals surface area contributed by atoms with Crippen molar-refractivity contribution in [2.75, 3.05) is 6.54 Å². The molecule has 1 aromatic rings. The van der Waals surface area contributed by atoms with Gasteiger partial charge in [0.2, 0.25) is 0 Å². The molecule has 6 nitrogen and oxygen atoms in total. The Morgan fingerprint density at radius 1 is 1.33 bits per heavy atom. The van der Waals surface area contributed by atoms with Crippen molar-refractivity contribution in [1.29, 1.82) is 0 Å². The number of hydrogen-bond acceptors (Lipinski definition) is 3. The van der Waals surface area contributed by atoms with Gasteiger partial charge in [-0.1, -0.05) is 13.8 Å². The van der Waals surface area contributed by atoms with Gasteiger partial charge in [0.05, 0.1) is 12.2 Å². The first-order valence-corrected chi connectivity index (χ1v) is 7.18. The molecule has 0 saturated carbocycles. The third-order valence-corrected chi connectivity index (χ3v) is 3.08. The highest BCUT2D eigenvalue weighted by Crippen LogP contribution is 2.11. The van der Waals surface area contributed by atoms with E-state index in [0.29, 0.717) is 12.8 Å². The van der Waals surface area contributed by atoms with Crippen LogP contribution in [0, 0.1) is 11.8 Å². The first-order valence-electron chi connectivity index (χ1n) is 7.18. The van der Waals surface area contributed by atoms with Crippen LogP contribution in [0.5, 0.6) is 0 Å². The predicted molar refractivity (Wildman–Crippen MR) is 79.0 cm³/mol. The van der Waals surface area contributed by atoms with Gasteiger partial charge in [0, 0.05) is 19.0 Å². The van der Waals surface area contributed by atoms with Crippen LogP contribution in [0.4, 0.5) is 4.79 Å². The summed E-state index contributed by atoms with van der Waals surface area (Å²) in [7, 11) is 0. The zero-order valence-electron chi connectivity index (χ0n) is 12.8. The van der Waals surface area contributed by atoms with E-state index in [1.165, 1.54) is 0 Å². The molecule has 0 fully saturated rings. The summed E-state index contributed by atoms with van der Waals surface area (Å²) in [5.41, 5.74) is 0. The molecule has 0 aromatic carbocycles. The van der Waals surface area contributed by atoms with Crippen molar-refractivity contribution in [3.8, 4) is 0 Å². The van der Waals surface area contributed by atoms with Crippen molar-refractivity contribution < 1.29 is 19.1 Å². The number of carbonyl (C=O) groups is 2. The highest BCUT2D eigenvalue weighted by Gasteiger charge is 2.20. The predicted octanol–water partition coefficient (Wildman–Crippen LogP) is 2.26. The summed E-state index contributed by atoms with van der Waals surface area (Å²) in [5, 5.41) is 14.5. The van der Waals surface area contributed by atoms with E-state index in [4.69, 9.17) is 9.52 Å². The lowest BCUT2D eigenvalue weighted by molar-refractivity contribution is -0.142. The minimum atomic E-state index is -0.882. The smallest absolute Gasteiger partial charge is 0.315 e. The largest absolute Gasteiger partial charge is 0.481 e. The van der Waals surface area contributed by atoms with E-state index in [1.807, 2.05) is 26.8 Å². The molecule has 0 radical (unpaired) electrons. The van der Waals surface area contributed by atoms with Gasteiger partial charge in [-0.2, -0.15) is 0 Å². The third kappa shape index (κ3) is 6.83. The van der Waals surface area contributed by atoms with Crippen LogP contribution in [-0.2, 0) is 11.2 Å². The van der Waals surface area contributed by atoms with E-state index in [-0.39, 0.29) is 24.5 Å². The second-order valence-electron chi connectivity index (χ2n) is 5.70. The lowest BCUT2D eigenvalue weighted by Crippen LogP contribution is -2.44. The number of carbonyl (C=O) groups excluding carboxylic acids is 1. The number of rotatable bonds is 8. The monoisotopic (exact) mass is 296 g/mol. The summed E-state index contributed by atoms with van der Waals surface area (Å²) in [5.74, 6) is -0.372. The number of carboxylic acids is 1. The molecule has 0 aliphatic carbocycles. The Labute approximate surface area is 124 Å². The van der Waals surface area contributed by atoms with Gasteiger partial charge in [-0.05, 0) is 31.4 Å². The molecule has 21 heavy (non-hydrogen) atoms. The van der Waals surface area contributed by atoms with E-state index >= 15 is 0 Å². The Kier molecular flexibility index (Phi) is 6.78. The number of hydrogen-bond donors (Lipinski definition) is 3. The topological polar surface area (TPSA) is 91.6 Å². The maximum Gasteiger partial charge on any atom is 0.315 e. The highest BCUT2D eigenvalue weighted by atomic mass is 16.4. The molecule has 6 heteroatoms. The lowest BCUT2D eigenvalue weighted by Gasteiger charge is -2.17. The second kappa shape index (κ2) is 8.34. The van der Waals surface area contributed by atoms with E-state index in [9.17, 15) is 9.59 Å². The summed E-state index contributed by atoms with van der Waals surface area (Å²) in [6, 6.07) is 3.19. The second-order valence-corrected chi connectivity index (χ2v) is 5.70. The fourth-order valence-electron chi connectivity index (χ4n) is 2.11. The maximum atomic E-state index is 11.7. The number of nitrogens with one attached hydrogen (secondary N) is 2. The average molecular weight is 296 g/mol. The Morgan fingerprint density at radius 3 is 2.57 bits per heavy atom. The number of furan rings is 1. The molecule has 0 saturated heterocycles. The van der Waals surface area contributed by atoms with Crippen molar-refractivity contribution in [3.63, 3.8) is 0 Å². The molecule has 0 spiro atoms. The van der Waals surface area contributed by atoms with Crippen LogP contribution in [0.15, 0.2) is 22.8 Å². The van der Waals surface area contributed by atoms with E-state index < -0.39 is 11.9 Å². The molecule has 1 heterocycles. The lowest BCUT2D eigenvalue weighted by atomic mass is 9.97. The summed E-state index contributed by atoms with van der Waals surface area (Å²) in [6.45, 7) is 5.92.